The normalized spacial score (nSPS) is 18.1. The molecule has 67 valence electrons. The molecule has 0 N–H and O–H groups in total. The summed E-state index contributed by atoms with van der Waals surface area (Å²) in [6.45, 7) is 0. The minimum Gasteiger partial charge on any atom is -0.218 e. The first kappa shape index (κ1) is 9.38. The first-order chi connectivity index (χ1) is 5.55. The molecule has 0 unspecified atom stereocenters. The summed E-state index contributed by atoms with van der Waals surface area (Å²) in [5, 5.41) is 0. The second kappa shape index (κ2) is 3.35. The summed E-state index contributed by atoms with van der Waals surface area (Å²) in [6.07, 6.45) is 5.96. The molecule has 0 amide bonds. The summed E-state index contributed by atoms with van der Waals surface area (Å²) in [5.74, 6) is -3.33. The fourth-order valence-corrected chi connectivity index (χ4v) is 1.61. The second-order valence-corrected chi connectivity index (χ2v) is 4.16. The van der Waals surface area contributed by atoms with Crippen molar-refractivity contribution < 1.29 is 17.2 Å². The Morgan fingerprint density at radius 3 is 2.50 bits per heavy atom. The Morgan fingerprint density at radius 1 is 1.42 bits per heavy atom. The van der Waals surface area contributed by atoms with E-state index >= 15 is 0 Å². The standard InChI is InChI=1S/C7H7F2O2S/c8-7(9)12(10,11)6-4-2-1-3-5-6/h1-2,4-5,7H,3H2. The van der Waals surface area contributed by atoms with Crippen LogP contribution in [0.2, 0.25) is 0 Å². The van der Waals surface area contributed by atoms with E-state index in [0.717, 1.165) is 0 Å². The third kappa shape index (κ3) is 1.72. The van der Waals surface area contributed by atoms with Crippen LogP contribution in [-0.2, 0) is 9.84 Å². The average molecular weight is 193 g/mol. The molecule has 0 atom stereocenters. The van der Waals surface area contributed by atoms with Crippen LogP contribution >= 0.6 is 0 Å². The predicted octanol–water partition coefficient (Wildman–Crippen LogP) is 1.67. The van der Waals surface area contributed by atoms with E-state index in [4.69, 9.17) is 0 Å². The van der Waals surface area contributed by atoms with E-state index < -0.39 is 15.6 Å². The molecule has 1 aliphatic rings. The van der Waals surface area contributed by atoms with Crippen molar-refractivity contribution in [2.45, 2.75) is 12.2 Å². The quantitative estimate of drug-likeness (QED) is 0.668. The van der Waals surface area contributed by atoms with Crippen LogP contribution in [0.5, 0.6) is 0 Å². The zero-order chi connectivity index (χ0) is 9.19. The van der Waals surface area contributed by atoms with Crippen molar-refractivity contribution in [3.05, 3.63) is 29.6 Å². The molecule has 2 nitrogen and oxygen atoms in total. The number of hydrogen-bond donors (Lipinski definition) is 0. The van der Waals surface area contributed by atoms with Gasteiger partial charge < -0.3 is 0 Å². The van der Waals surface area contributed by atoms with Gasteiger partial charge in [0.15, 0.2) is 0 Å². The molecule has 1 radical (unpaired) electrons. The summed E-state index contributed by atoms with van der Waals surface area (Å²) in [6, 6.07) is 0. The molecule has 0 aliphatic heterocycles. The van der Waals surface area contributed by atoms with E-state index in [-0.39, 0.29) is 4.91 Å². The number of halogens is 2. The zero-order valence-corrected chi connectivity index (χ0v) is 6.89. The van der Waals surface area contributed by atoms with Gasteiger partial charge in [-0.05, 0) is 18.9 Å². The van der Waals surface area contributed by atoms with Crippen LogP contribution in [0.15, 0.2) is 23.1 Å². The number of sulfone groups is 1. The Morgan fingerprint density at radius 2 is 2.08 bits per heavy atom. The molecule has 1 aliphatic carbocycles. The van der Waals surface area contributed by atoms with Crippen molar-refractivity contribution in [3.8, 4) is 0 Å². The molecule has 0 bridgehead atoms. The van der Waals surface area contributed by atoms with Crippen LogP contribution in [-0.4, -0.2) is 14.2 Å². The van der Waals surface area contributed by atoms with Gasteiger partial charge in [0, 0.05) is 0 Å². The maximum Gasteiger partial charge on any atom is 0.341 e. The zero-order valence-electron chi connectivity index (χ0n) is 6.07. The van der Waals surface area contributed by atoms with Gasteiger partial charge in [-0.15, -0.1) is 0 Å². The van der Waals surface area contributed by atoms with E-state index in [1.807, 2.05) is 0 Å². The third-order valence-electron chi connectivity index (χ3n) is 1.41. The molecule has 12 heavy (non-hydrogen) atoms. The molecule has 0 spiro atoms. The highest BCUT2D eigenvalue weighted by molar-refractivity contribution is 7.95. The number of allylic oxidation sites excluding steroid dienone is 3. The van der Waals surface area contributed by atoms with Gasteiger partial charge in [-0.3, -0.25) is 0 Å². The van der Waals surface area contributed by atoms with Crippen molar-refractivity contribution in [2.75, 3.05) is 0 Å². The third-order valence-corrected chi connectivity index (χ3v) is 2.84. The molecular formula is C7H7F2O2S. The minimum atomic E-state index is -4.38. The van der Waals surface area contributed by atoms with Crippen molar-refractivity contribution >= 4 is 9.84 Å². The van der Waals surface area contributed by atoms with Crippen LogP contribution in [0.3, 0.4) is 0 Å². The monoisotopic (exact) mass is 193 g/mol. The molecule has 0 fully saturated rings. The lowest BCUT2D eigenvalue weighted by atomic mass is 10.2. The van der Waals surface area contributed by atoms with Crippen LogP contribution in [0.1, 0.15) is 6.42 Å². The molecular weight excluding hydrogens is 186 g/mol. The Kier molecular flexibility index (Phi) is 2.62. The highest BCUT2D eigenvalue weighted by atomic mass is 32.2. The van der Waals surface area contributed by atoms with E-state index in [1.54, 1.807) is 6.42 Å². The van der Waals surface area contributed by atoms with E-state index in [2.05, 4.69) is 0 Å². The summed E-state index contributed by atoms with van der Waals surface area (Å²) in [5.41, 5.74) is 0. The Hall–Kier alpha value is -0.710. The average Bonchev–Trinajstić information content (AvgIpc) is 2.06. The molecule has 0 heterocycles. The number of rotatable bonds is 2. The SMILES string of the molecule is O=S(=O)(C1=CC[CH]C=C1)C(F)F. The first-order valence-electron chi connectivity index (χ1n) is 3.27. The molecule has 0 aromatic carbocycles. The van der Waals surface area contributed by atoms with Gasteiger partial charge in [-0.2, -0.15) is 8.78 Å². The van der Waals surface area contributed by atoms with Crippen molar-refractivity contribution in [1.82, 2.24) is 0 Å². The predicted molar refractivity (Wildman–Crippen MR) is 41.1 cm³/mol. The second-order valence-electron chi connectivity index (χ2n) is 2.24. The summed E-state index contributed by atoms with van der Waals surface area (Å²) in [7, 11) is -4.38. The largest absolute Gasteiger partial charge is 0.341 e. The molecule has 0 saturated carbocycles. The molecule has 0 aromatic heterocycles. The molecule has 5 heteroatoms. The van der Waals surface area contributed by atoms with Crippen molar-refractivity contribution in [3.63, 3.8) is 0 Å². The van der Waals surface area contributed by atoms with Gasteiger partial charge in [0.2, 0.25) is 9.84 Å². The Balaban J connectivity index is 2.97. The smallest absolute Gasteiger partial charge is 0.218 e. The maximum absolute atomic E-state index is 11.9. The first-order valence-corrected chi connectivity index (χ1v) is 4.82. The van der Waals surface area contributed by atoms with E-state index in [0.29, 0.717) is 6.42 Å². The van der Waals surface area contributed by atoms with Gasteiger partial charge in [0.1, 0.15) is 0 Å². The highest BCUT2D eigenvalue weighted by Crippen LogP contribution is 2.20. The topological polar surface area (TPSA) is 34.1 Å². The number of alkyl halides is 2. The lowest BCUT2D eigenvalue weighted by Gasteiger charge is -2.06. The highest BCUT2D eigenvalue weighted by Gasteiger charge is 2.27. The van der Waals surface area contributed by atoms with Crippen LogP contribution in [0.4, 0.5) is 8.78 Å². The molecule has 0 saturated heterocycles. The van der Waals surface area contributed by atoms with Gasteiger partial charge in [0.05, 0.1) is 4.91 Å². The maximum atomic E-state index is 11.9. The van der Waals surface area contributed by atoms with Crippen molar-refractivity contribution in [2.24, 2.45) is 0 Å². The van der Waals surface area contributed by atoms with Gasteiger partial charge in [-0.1, -0.05) is 12.2 Å². The van der Waals surface area contributed by atoms with Crippen LogP contribution in [0.25, 0.3) is 0 Å². The summed E-state index contributed by atoms with van der Waals surface area (Å²) in [4.78, 5) is -0.292. The Bertz CT molecular complexity index is 314. The lowest BCUT2D eigenvalue weighted by Crippen LogP contribution is -2.13. The lowest BCUT2D eigenvalue weighted by molar-refractivity contribution is 0.236. The molecule has 0 aromatic rings. The van der Waals surface area contributed by atoms with Gasteiger partial charge in [0.25, 0.3) is 0 Å². The van der Waals surface area contributed by atoms with Gasteiger partial charge in [-0.25, -0.2) is 8.42 Å². The summed E-state index contributed by atoms with van der Waals surface area (Å²) >= 11 is 0. The van der Waals surface area contributed by atoms with Gasteiger partial charge >= 0.3 is 5.76 Å². The van der Waals surface area contributed by atoms with Crippen LogP contribution in [0, 0.1) is 6.42 Å². The van der Waals surface area contributed by atoms with E-state index in [9.17, 15) is 17.2 Å². The fraction of sp³-hybridized carbons (Fsp3) is 0.286. The fourth-order valence-electron chi connectivity index (χ4n) is 0.808. The summed E-state index contributed by atoms with van der Waals surface area (Å²) < 4.78 is 45.5. The van der Waals surface area contributed by atoms with Crippen LogP contribution < -0.4 is 0 Å². The van der Waals surface area contributed by atoms with E-state index in [1.165, 1.54) is 18.2 Å². The Labute approximate surface area is 69.5 Å². The molecule has 1 rings (SSSR count). The number of hydrogen-bond acceptors (Lipinski definition) is 2. The van der Waals surface area contributed by atoms with Crippen molar-refractivity contribution in [1.29, 1.82) is 0 Å². The minimum absolute atomic E-state index is 0.292.